The lowest BCUT2D eigenvalue weighted by Gasteiger charge is -2.16. The second-order valence-corrected chi connectivity index (χ2v) is 10.3. The van der Waals surface area contributed by atoms with E-state index >= 15 is 0 Å². The van der Waals surface area contributed by atoms with Crippen LogP contribution in [0.15, 0.2) is 47.4 Å². The van der Waals surface area contributed by atoms with Crippen LogP contribution in [0.3, 0.4) is 0 Å². The molecule has 0 aliphatic carbocycles. The number of hydrogen-bond acceptors (Lipinski definition) is 5. The minimum Gasteiger partial charge on any atom is -0.494 e. The first-order valence-electron chi connectivity index (χ1n) is 11.2. The molecule has 2 aromatic rings. The molecule has 1 N–H and O–H groups in total. The zero-order valence-corrected chi connectivity index (χ0v) is 22.0. The molecule has 9 heteroatoms. The second-order valence-electron chi connectivity index (χ2n) is 7.77. The minimum absolute atomic E-state index is 0.185. The Morgan fingerprint density at radius 2 is 1.79 bits per heavy atom. The second kappa shape index (κ2) is 13.1. The van der Waals surface area contributed by atoms with Gasteiger partial charge < -0.3 is 4.74 Å². The molecule has 180 valence electrons. The van der Waals surface area contributed by atoms with Crippen LogP contribution < -0.4 is 10.2 Å². The maximum atomic E-state index is 12.8. The average molecular weight is 538 g/mol. The summed E-state index contributed by atoms with van der Waals surface area (Å²) < 4.78 is 6.04. The van der Waals surface area contributed by atoms with Crippen molar-refractivity contribution in [3.8, 4) is 5.75 Å². The number of benzene rings is 2. The Bertz CT molecular complexity index is 1070. The molecule has 2 aromatic carbocycles. The summed E-state index contributed by atoms with van der Waals surface area (Å²) in [5.74, 6) is -0.159. The van der Waals surface area contributed by atoms with Crippen LogP contribution in [0.1, 0.15) is 61.4 Å². The average Bonchev–Trinajstić information content (AvgIpc) is 3.06. The number of rotatable bonds is 11. The van der Waals surface area contributed by atoms with Crippen LogP contribution in [0, 0.1) is 0 Å². The lowest BCUT2D eigenvalue weighted by atomic mass is 10.1. The highest BCUT2D eigenvalue weighted by atomic mass is 35.5. The molecule has 0 saturated carbocycles. The van der Waals surface area contributed by atoms with Crippen LogP contribution in [0.5, 0.6) is 5.75 Å². The van der Waals surface area contributed by atoms with Crippen molar-refractivity contribution in [1.29, 1.82) is 0 Å². The number of thioether (sulfide) groups is 1. The molecule has 1 heterocycles. The summed E-state index contributed by atoms with van der Waals surface area (Å²) in [7, 11) is 0. The van der Waals surface area contributed by atoms with Gasteiger partial charge in [0.25, 0.3) is 11.8 Å². The monoisotopic (exact) mass is 536 g/mol. The molecule has 0 aromatic heterocycles. The molecule has 5 nitrogen and oxygen atoms in total. The SMILES string of the molecule is CCCCCCCCOc1ccc(/C=C2\SC(=S)N(NC(=O)c3ccc(Cl)cc3Cl)C2=O)cc1. The van der Waals surface area contributed by atoms with Crippen molar-refractivity contribution in [3.63, 3.8) is 0 Å². The van der Waals surface area contributed by atoms with Gasteiger partial charge in [-0.1, -0.05) is 86.1 Å². The molecule has 1 aliphatic rings. The summed E-state index contributed by atoms with van der Waals surface area (Å²) in [4.78, 5) is 25.8. The van der Waals surface area contributed by atoms with Crippen LogP contribution >= 0.6 is 47.2 Å². The first-order valence-corrected chi connectivity index (χ1v) is 13.1. The normalized spacial score (nSPS) is 14.7. The molecule has 0 atom stereocenters. The third-order valence-electron chi connectivity index (χ3n) is 5.13. The molecule has 1 fully saturated rings. The van der Waals surface area contributed by atoms with Gasteiger partial charge in [0.05, 0.1) is 22.1 Å². The van der Waals surface area contributed by atoms with Crippen LogP contribution in [-0.4, -0.2) is 27.8 Å². The van der Waals surface area contributed by atoms with Crippen molar-refractivity contribution in [2.75, 3.05) is 6.61 Å². The number of hydrogen-bond donors (Lipinski definition) is 1. The highest BCUT2D eigenvalue weighted by Crippen LogP contribution is 2.32. The Hall–Kier alpha value is -2.06. The Balaban J connectivity index is 1.54. The third-order valence-corrected chi connectivity index (χ3v) is 6.98. The number of nitrogens with one attached hydrogen (secondary N) is 1. The highest BCUT2D eigenvalue weighted by molar-refractivity contribution is 8.26. The van der Waals surface area contributed by atoms with E-state index in [1.165, 1.54) is 44.2 Å². The highest BCUT2D eigenvalue weighted by Gasteiger charge is 2.34. The van der Waals surface area contributed by atoms with Crippen LogP contribution in [0.4, 0.5) is 0 Å². The fourth-order valence-corrected chi connectivity index (χ4v) is 4.96. The van der Waals surface area contributed by atoms with E-state index in [2.05, 4.69) is 12.3 Å². The van der Waals surface area contributed by atoms with E-state index in [1.807, 2.05) is 24.3 Å². The molecule has 2 amide bonds. The number of amides is 2. The number of ether oxygens (including phenoxy) is 1. The van der Waals surface area contributed by atoms with Crippen LogP contribution in [0.25, 0.3) is 6.08 Å². The molecule has 34 heavy (non-hydrogen) atoms. The molecule has 3 rings (SSSR count). The zero-order valence-electron chi connectivity index (χ0n) is 18.8. The van der Waals surface area contributed by atoms with E-state index in [1.54, 1.807) is 12.1 Å². The van der Waals surface area contributed by atoms with Gasteiger partial charge in [-0.05, 0) is 60.6 Å². The van der Waals surface area contributed by atoms with Crippen molar-refractivity contribution in [2.45, 2.75) is 45.4 Å². The Morgan fingerprint density at radius 1 is 1.09 bits per heavy atom. The molecule has 0 bridgehead atoms. The van der Waals surface area contributed by atoms with Gasteiger partial charge in [0.2, 0.25) is 0 Å². The van der Waals surface area contributed by atoms with Gasteiger partial charge in [0, 0.05) is 5.02 Å². The van der Waals surface area contributed by atoms with Gasteiger partial charge in [-0.25, -0.2) is 0 Å². The summed E-state index contributed by atoms with van der Waals surface area (Å²) in [5, 5.41) is 1.65. The summed E-state index contributed by atoms with van der Waals surface area (Å²) >= 11 is 18.4. The number of thiocarbonyl (C=S) groups is 1. The molecule has 1 saturated heterocycles. The van der Waals surface area contributed by atoms with E-state index in [4.69, 9.17) is 40.2 Å². The summed E-state index contributed by atoms with van der Waals surface area (Å²) in [5.41, 5.74) is 3.55. The fraction of sp³-hybridized carbons (Fsp3) is 0.320. The largest absolute Gasteiger partial charge is 0.494 e. The molecule has 0 radical (unpaired) electrons. The number of hydrazine groups is 1. The van der Waals surface area contributed by atoms with E-state index in [0.29, 0.717) is 16.5 Å². The number of nitrogens with zero attached hydrogens (tertiary/aromatic N) is 1. The van der Waals surface area contributed by atoms with E-state index in [0.717, 1.165) is 34.5 Å². The van der Waals surface area contributed by atoms with E-state index in [9.17, 15) is 9.59 Å². The Kier molecular flexibility index (Phi) is 10.3. The van der Waals surface area contributed by atoms with E-state index < -0.39 is 11.8 Å². The van der Waals surface area contributed by atoms with E-state index in [-0.39, 0.29) is 14.9 Å². The summed E-state index contributed by atoms with van der Waals surface area (Å²) in [6.45, 7) is 2.91. The van der Waals surface area contributed by atoms with Crippen LogP contribution in [-0.2, 0) is 4.79 Å². The lowest BCUT2D eigenvalue weighted by molar-refractivity contribution is -0.123. The van der Waals surface area contributed by atoms with Gasteiger partial charge in [-0.2, -0.15) is 5.01 Å². The molecule has 1 aliphatic heterocycles. The van der Waals surface area contributed by atoms with Gasteiger partial charge in [0.15, 0.2) is 4.32 Å². The Labute approximate surface area is 219 Å². The molecular formula is C25H26Cl2N2O3S2. The Morgan fingerprint density at radius 3 is 2.50 bits per heavy atom. The number of unbranched alkanes of at least 4 members (excludes halogenated alkanes) is 5. The first-order chi connectivity index (χ1) is 16.4. The number of halogens is 2. The van der Waals surface area contributed by atoms with Gasteiger partial charge in [0.1, 0.15) is 5.75 Å². The maximum absolute atomic E-state index is 12.8. The third kappa shape index (κ3) is 7.47. The summed E-state index contributed by atoms with van der Waals surface area (Å²) in [6, 6.07) is 12.0. The lowest BCUT2D eigenvalue weighted by Crippen LogP contribution is -2.44. The number of carbonyl (C=O) groups is 2. The standard InChI is InChI=1S/C25H26Cl2N2O3S2/c1-2-3-4-5-6-7-14-32-19-11-8-17(9-12-19)15-22-24(31)29(25(33)34-22)28-23(30)20-13-10-18(26)16-21(20)27/h8-13,15-16H,2-7,14H2,1H3,(H,28,30)/b22-15-. The first kappa shape index (κ1) is 26.5. The molecule has 0 spiro atoms. The predicted molar refractivity (Wildman–Crippen MR) is 144 cm³/mol. The van der Waals surface area contributed by atoms with Crippen molar-refractivity contribution in [2.24, 2.45) is 0 Å². The van der Waals surface area contributed by atoms with Gasteiger partial charge in [-0.15, -0.1) is 0 Å². The van der Waals surface area contributed by atoms with Crippen LogP contribution in [0.2, 0.25) is 10.0 Å². The maximum Gasteiger partial charge on any atom is 0.285 e. The fourth-order valence-electron chi connectivity index (χ4n) is 3.28. The van der Waals surface area contributed by atoms with Crippen molar-refractivity contribution in [1.82, 2.24) is 10.4 Å². The topological polar surface area (TPSA) is 58.6 Å². The molecular weight excluding hydrogens is 511 g/mol. The van der Waals surface area contributed by atoms with Gasteiger partial charge >= 0.3 is 0 Å². The van der Waals surface area contributed by atoms with Gasteiger partial charge in [-0.3, -0.25) is 15.0 Å². The quantitative estimate of drug-likeness (QED) is 0.186. The van der Waals surface area contributed by atoms with Crippen molar-refractivity contribution in [3.05, 3.63) is 68.5 Å². The zero-order chi connectivity index (χ0) is 24.5. The molecule has 0 unspecified atom stereocenters. The van der Waals surface area contributed by atoms with Crippen molar-refractivity contribution >= 4 is 69.4 Å². The summed E-state index contributed by atoms with van der Waals surface area (Å²) in [6.07, 6.45) is 9.04. The minimum atomic E-state index is -0.550. The number of carbonyl (C=O) groups excluding carboxylic acids is 2. The smallest absolute Gasteiger partial charge is 0.285 e. The van der Waals surface area contributed by atoms with Crippen molar-refractivity contribution < 1.29 is 14.3 Å². The predicted octanol–water partition coefficient (Wildman–Crippen LogP) is 7.28.